The van der Waals surface area contributed by atoms with Crippen LogP contribution < -0.4 is 5.32 Å². The highest BCUT2D eigenvalue weighted by Crippen LogP contribution is 2.40. The Bertz CT molecular complexity index is 313. The molecule has 0 aromatic carbocycles. The van der Waals surface area contributed by atoms with E-state index in [4.69, 9.17) is 4.74 Å². The van der Waals surface area contributed by atoms with Crippen molar-refractivity contribution in [1.82, 2.24) is 5.32 Å². The van der Waals surface area contributed by atoms with E-state index < -0.39 is 29.5 Å². The number of hydrogen-bond donors (Lipinski definition) is 1. The average molecular weight is 297 g/mol. The van der Waals surface area contributed by atoms with Gasteiger partial charge in [0.1, 0.15) is 6.29 Å². The number of alkyl halides is 3. The van der Waals surface area contributed by atoms with Crippen molar-refractivity contribution in [3.63, 3.8) is 0 Å². The molecule has 3 atom stereocenters. The van der Waals surface area contributed by atoms with Crippen molar-refractivity contribution in [3.8, 4) is 0 Å². The predicted octanol–water partition coefficient (Wildman–Crippen LogP) is 2.18. The Balaban J connectivity index is 5.26. The normalized spacial score (nSPS) is 17.1. The van der Waals surface area contributed by atoms with E-state index in [0.29, 0.717) is 12.7 Å². The minimum absolute atomic E-state index is 0.140. The zero-order valence-corrected chi connectivity index (χ0v) is 12.2. The van der Waals surface area contributed by atoms with E-state index in [9.17, 15) is 22.8 Å². The van der Waals surface area contributed by atoms with E-state index in [-0.39, 0.29) is 13.0 Å². The molecule has 0 heterocycles. The first-order valence-electron chi connectivity index (χ1n) is 6.31. The van der Waals surface area contributed by atoms with Gasteiger partial charge in [0, 0.05) is 13.7 Å². The van der Waals surface area contributed by atoms with Crippen molar-refractivity contribution in [1.29, 1.82) is 0 Å². The van der Waals surface area contributed by atoms with Gasteiger partial charge in [-0.05, 0) is 11.8 Å². The fraction of sp³-hybridized carbons (Fsp3) is 0.846. The minimum atomic E-state index is -4.53. The highest BCUT2D eigenvalue weighted by molar-refractivity contribution is 5.55. The van der Waals surface area contributed by atoms with E-state index in [1.165, 1.54) is 7.11 Å². The molecule has 0 aromatic rings. The summed E-state index contributed by atoms with van der Waals surface area (Å²) in [6.07, 6.45) is -5.11. The fourth-order valence-corrected chi connectivity index (χ4v) is 2.34. The van der Waals surface area contributed by atoms with Gasteiger partial charge < -0.3 is 14.8 Å². The van der Waals surface area contributed by atoms with Gasteiger partial charge in [0.25, 0.3) is 0 Å². The number of amides is 1. The fourth-order valence-electron chi connectivity index (χ4n) is 2.34. The van der Waals surface area contributed by atoms with Crippen LogP contribution in [0.15, 0.2) is 0 Å². The topological polar surface area (TPSA) is 55.4 Å². The molecule has 0 radical (unpaired) electrons. The maximum Gasteiger partial charge on any atom is 0.392 e. The van der Waals surface area contributed by atoms with Gasteiger partial charge in [0.2, 0.25) is 6.41 Å². The number of ether oxygens (including phenoxy) is 1. The molecular weight excluding hydrogens is 275 g/mol. The molecule has 1 N–H and O–H groups in total. The van der Waals surface area contributed by atoms with Crippen LogP contribution in [0.3, 0.4) is 0 Å². The Morgan fingerprint density at radius 2 is 1.75 bits per heavy atom. The van der Waals surface area contributed by atoms with Crippen molar-refractivity contribution in [2.45, 2.75) is 39.5 Å². The molecule has 7 heteroatoms. The quantitative estimate of drug-likeness (QED) is 0.552. The predicted molar refractivity (Wildman–Crippen MR) is 68.0 cm³/mol. The summed E-state index contributed by atoms with van der Waals surface area (Å²) >= 11 is 0. The smallest absolute Gasteiger partial charge is 0.380 e. The summed E-state index contributed by atoms with van der Waals surface area (Å²) in [6.45, 7) is 5.01. The number of aldehydes is 1. The molecule has 118 valence electrons. The van der Waals surface area contributed by atoms with Gasteiger partial charge in [-0.1, -0.05) is 20.8 Å². The molecule has 0 spiro atoms. The van der Waals surface area contributed by atoms with Gasteiger partial charge in [-0.15, -0.1) is 0 Å². The van der Waals surface area contributed by atoms with Gasteiger partial charge in [-0.3, -0.25) is 4.79 Å². The van der Waals surface area contributed by atoms with Crippen LogP contribution in [0.2, 0.25) is 0 Å². The molecule has 20 heavy (non-hydrogen) atoms. The molecule has 0 aliphatic rings. The summed E-state index contributed by atoms with van der Waals surface area (Å²) in [5, 5.41) is 2.19. The molecule has 0 saturated heterocycles. The van der Waals surface area contributed by atoms with E-state index in [1.54, 1.807) is 20.8 Å². The minimum Gasteiger partial charge on any atom is -0.380 e. The van der Waals surface area contributed by atoms with Gasteiger partial charge in [0.15, 0.2) is 0 Å². The number of halogens is 3. The summed E-state index contributed by atoms with van der Waals surface area (Å²) in [5.41, 5.74) is -0.609. The molecule has 0 fully saturated rings. The second-order valence-electron chi connectivity index (χ2n) is 5.74. The summed E-state index contributed by atoms with van der Waals surface area (Å²) in [4.78, 5) is 21.3. The number of carbonyl (C=O) groups excluding carboxylic acids is 2. The monoisotopic (exact) mass is 297 g/mol. The second-order valence-corrected chi connectivity index (χ2v) is 5.74. The SMILES string of the molecule is CO[C@H](C(C=O)C(CCNC=O)C(F)(F)F)C(C)(C)C. The van der Waals surface area contributed by atoms with Crippen molar-refractivity contribution in [3.05, 3.63) is 0 Å². The number of carbonyl (C=O) groups is 2. The highest BCUT2D eigenvalue weighted by Gasteiger charge is 2.49. The lowest BCUT2D eigenvalue weighted by Crippen LogP contribution is -2.45. The van der Waals surface area contributed by atoms with Crippen molar-refractivity contribution >= 4 is 12.7 Å². The van der Waals surface area contributed by atoms with Crippen molar-refractivity contribution in [2.75, 3.05) is 13.7 Å². The highest BCUT2D eigenvalue weighted by atomic mass is 19.4. The average Bonchev–Trinajstić information content (AvgIpc) is 2.29. The standard InChI is InChI=1S/C13H22F3NO3/c1-12(2,3)11(20-4)9(7-18)10(13(14,15)16)5-6-17-8-19/h7-11H,5-6H2,1-4H3,(H,17,19)/t9?,10?,11-/m1/s1. The van der Waals surface area contributed by atoms with Crippen molar-refractivity contribution in [2.24, 2.45) is 17.3 Å². The maximum absolute atomic E-state index is 13.1. The van der Waals surface area contributed by atoms with Crippen LogP contribution in [0.5, 0.6) is 0 Å². The van der Waals surface area contributed by atoms with Gasteiger partial charge in [0.05, 0.1) is 17.9 Å². The Kier molecular flexibility index (Phi) is 7.19. The van der Waals surface area contributed by atoms with Gasteiger partial charge in [-0.25, -0.2) is 0 Å². The maximum atomic E-state index is 13.1. The Morgan fingerprint density at radius 3 is 2.05 bits per heavy atom. The third kappa shape index (κ3) is 5.48. The van der Waals surface area contributed by atoms with Crippen molar-refractivity contribution < 1.29 is 27.5 Å². The Morgan fingerprint density at radius 1 is 1.20 bits per heavy atom. The first-order valence-corrected chi connectivity index (χ1v) is 6.31. The molecule has 0 rings (SSSR count). The summed E-state index contributed by atoms with van der Waals surface area (Å²) in [5.74, 6) is -3.16. The lowest BCUT2D eigenvalue weighted by Gasteiger charge is -2.37. The molecule has 0 aromatic heterocycles. The number of rotatable bonds is 8. The van der Waals surface area contributed by atoms with Crippen LogP contribution in [-0.2, 0) is 14.3 Å². The zero-order valence-electron chi connectivity index (χ0n) is 12.2. The molecule has 1 amide bonds. The third-order valence-electron chi connectivity index (χ3n) is 3.18. The Hall–Kier alpha value is -1.11. The number of hydrogen-bond acceptors (Lipinski definition) is 3. The number of methoxy groups -OCH3 is 1. The van der Waals surface area contributed by atoms with Crippen LogP contribution in [0.25, 0.3) is 0 Å². The van der Waals surface area contributed by atoms with Crippen LogP contribution >= 0.6 is 0 Å². The lowest BCUT2D eigenvalue weighted by molar-refractivity contribution is -0.205. The molecular formula is C13H22F3NO3. The zero-order chi connectivity index (χ0) is 16.0. The summed E-state index contributed by atoms with van der Waals surface area (Å²) in [7, 11) is 1.30. The van der Waals surface area contributed by atoms with Crippen LogP contribution in [0.4, 0.5) is 13.2 Å². The van der Waals surface area contributed by atoms with E-state index in [2.05, 4.69) is 5.32 Å². The molecule has 2 unspecified atom stereocenters. The molecule has 4 nitrogen and oxygen atoms in total. The van der Waals surface area contributed by atoms with E-state index in [1.807, 2.05) is 0 Å². The van der Waals surface area contributed by atoms with Gasteiger partial charge >= 0.3 is 6.18 Å². The van der Waals surface area contributed by atoms with E-state index >= 15 is 0 Å². The Labute approximate surface area is 117 Å². The van der Waals surface area contributed by atoms with E-state index in [0.717, 1.165) is 0 Å². The first-order chi connectivity index (χ1) is 9.09. The van der Waals surface area contributed by atoms with Crippen LogP contribution in [0.1, 0.15) is 27.2 Å². The largest absolute Gasteiger partial charge is 0.392 e. The first kappa shape index (κ1) is 18.9. The third-order valence-corrected chi connectivity index (χ3v) is 3.18. The molecule has 0 bridgehead atoms. The van der Waals surface area contributed by atoms with Crippen LogP contribution in [0, 0.1) is 17.3 Å². The molecule has 0 saturated carbocycles. The number of nitrogens with one attached hydrogen (secondary N) is 1. The summed E-state index contributed by atoms with van der Waals surface area (Å²) in [6, 6.07) is 0. The van der Waals surface area contributed by atoms with Gasteiger partial charge in [-0.2, -0.15) is 13.2 Å². The van der Waals surface area contributed by atoms with Crippen LogP contribution in [-0.4, -0.2) is 38.6 Å². The second kappa shape index (κ2) is 7.61. The lowest BCUT2D eigenvalue weighted by atomic mass is 9.75. The summed E-state index contributed by atoms with van der Waals surface area (Å²) < 4.78 is 44.5. The molecule has 0 aliphatic carbocycles. The molecule has 0 aliphatic heterocycles.